The number of benzene rings is 1. The molecule has 0 spiro atoms. The zero-order chi connectivity index (χ0) is 18.4. The van der Waals surface area contributed by atoms with E-state index in [1.807, 2.05) is 0 Å². The van der Waals surface area contributed by atoms with Crippen LogP contribution in [0.15, 0.2) is 18.2 Å². The average Bonchev–Trinajstić information content (AvgIpc) is 2.43. The van der Waals surface area contributed by atoms with Crippen LogP contribution in [0.1, 0.15) is 58.4 Å². The number of piperidine rings is 2. The molecule has 2 fully saturated rings. The van der Waals surface area contributed by atoms with E-state index in [1.54, 1.807) is 25.7 Å². The van der Waals surface area contributed by atoms with Gasteiger partial charge in [-0.05, 0) is 52.2 Å². The molecule has 2 heterocycles. The number of hydrogen-bond acceptors (Lipinski definition) is 3. The van der Waals surface area contributed by atoms with Crippen molar-refractivity contribution >= 4 is 6.09 Å². The number of fused-ring (bicyclic) bond motifs is 2. The first-order valence-corrected chi connectivity index (χ1v) is 8.79. The van der Waals surface area contributed by atoms with Crippen molar-refractivity contribution < 1.29 is 23.4 Å². The molecule has 2 saturated heterocycles. The number of rotatable bonds is 1. The number of halogens is 2. The lowest BCUT2D eigenvalue weighted by Gasteiger charge is -2.51. The molecule has 4 nitrogen and oxygen atoms in total. The van der Waals surface area contributed by atoms with E-state index in [-0.39, 0.29) is 30.5 Å². The molecule has 2 bridgehead atoms. The van der Waals surface area contributed by atoms with Gasteiger partial charge in [-0.15, -0.1) is 0 Å². The molecular formula is C19H25F2NO3. The maximum absolute atomic E-state index is 14.2. The second-order valence-electron chi connectivity index (χ2n) is 8.16. The normalized spacial score (nSPS) is 29.4. The smallest absolute Gasteiger partial charge is 0.410 e. The van der Waals surface area contributed by atoms with Crippen molar-refractivity contribution in [3.05, 3.63) is 35.4 Å². The Bertz CT molecular complexity index is 637. The average molecular weight is 353 g/mol. The van der Waals surface area contributed by atoms with Gasteiger partial charge in [0.15, 0.2) is 0 Å². The molecule has 0 saturated carbocycles. The minimum absolute atomic E-state index is 0.112. The van der Waals surface area contributed by atoms with Gasteiger partial charge in [0.05, 0.1) is 11.2 Å². The van der Waals surface area contributed by atoms with Crippen LogP contribution < -0.4 is 0 Å². The Morgan fingerprint density at radius 2 is 1.72 bits per heavy atom. The number of hydrogen-bond donors (Lipinski definition) is 1. The number of amides is 1. The molecule has 0 radical (unpaired) electrons. The van der Waals surface area contributed by atoms with Crippen LogP contribution in [0, 0.1) is 11.6 Å². The number of nitrogens with zero attached hydrogens (tertiary/aromatic N) is 1. The van der Waals surface area contributed by atoms with Crippen molar-refractivity contribution in [3.63, 3.8) is 0 Å². The predicted octanol–water partition coefficient (Wildman–Crippen LogP) is 4.10. The third-order valence-corrected chi connectivity index (χ3v) is 5.04. The van der Waals surface area contributed by atoms with E-state index in [0.717, 1.165) is 18.6 Å². The minimum Gasteiger partial charge on any atom is -0.444 e. The Morgan fingerprint density at radius 3 is 2.20 bits per heavy atom. The highest BCUT2D eigenvalue weighted by molar-refractivity contribution is 5.69. The predicted molar refractivity (Wildman–Crippen MR) is 89.0 cm³/mol. The van der Waals surface area contributed by atoms with Crippen molar-refractivity contribution in [3.8, 4) is 0 Å². The first-order chi connectivity index (χ1) is 11.6. The summed E-state index contributed by atoms with van der Waals surface area (Å²) in [5.41, 5.74) is -2.50. The summed E-state index contributed by atoms with van der Waals surface area (Å²) < 4.78 is 34.0. The maximum atomic E-state index is 14.2. The van der Waals surface area contributed by atoms with Crippen LogP contribution in [-0.4, -0.2) is 33.8 Å². The largest absolute Gasteiger partial charge is 0.444 e. The molecule has 2 aliphatic rings. The molecule has 2 aliphatic heterocycles. The van der Waals surface area contributed by atoms with Gasteiger partial charge in [0.25, 0.3) is 0 Å². The standard InChI is InChI=1S/C19H25F2NO3/c1-18(2,3)25-17(23)22-12-6-4-7-13(22)11-19(24,10-12)16-14(20)8-5-9-15(16)21/h5,8-9,12-13,24H,4,6-7,10-11H2,1-3H3. The van der Waals surface area contributed by atoms with Gasteiger partial charge >= 0.3 is 6.09 Å². The molecule has 6 heteroatoms. The number of ether oxygens (including phenoxy) is 1. The molecule has 0 aromatic heterocycles. The summed E-state index contributed by atoms with van der Waals surface area (Å²) >= 11 is 0. The van der Waals surface area contributed by atoms with Gasteiger partial charge in [0.2, 0.25) is 0 Å². The Labute approximate surface area is 146 Å². The summed E-state index contributed by atoms with van der Waals surface area (Å²) in [6, 6.07) is 3.03. The van der Waals surface area contributed by atoms with Gasteiger partial charge in [-0.25, -0.2) is 13.6 Å². The van der Waals surface area contributed by atoms with Gasteiger partial charge in [-0.3, -0.25) is 0 Å². The van der Waals surface area contributed by atoms with Crippen LogP contribution >= 0.6 is 0 Å². The number of carbonyl (C=O) groups is 1. The van der Waals surface area contributed by atoms with E-state index in [0.29, 0.717) is 12.8 Å². The van der Waals surface area contributed by atoms with Gasteiger partial charge in [-0.2, -0.15) is 0 Å². The monoisotopic (exact) mass is 353 g/mol. The van der Waals surface area contributed by atoms with Gasteiger partial charge in [0, 0.05) is 24.9 Å². The van der Waals surface area contributed by atoms with Crippen LogP contribution in [0.2, 0.25) is 0 Å². The highest BCUT2D eigenvalue weighted by Crippen LogP contribution is 2.46. The fraction of sp³-hybridized carbons (Fsp3) is 0.632. The third-order valence-electron chi connectivity index (χ3n) is 5.04. The van der Waals surface area contributed by atoms with Crippen molar-refractivity contribution in [1.29, 1.82) is 0 Å². The topological polar surface area (TPSA) is 49.8 Å². The van der Waals surface area contributed by atoms with Crippen molar-refractivity contribution in [1.82, 2.24) is 4.90 Å². The van der Waals surface area contributed by atoms with E-state index in [1.165, 1.54) is 6.07 Å². The van der Waals surface area contributed by atoms with Crippen LogP contribution in [0.25, 0.3) is 0 Å². The van der Waals surface area contributed by atoms with Crippen LogP contribution in [-0.2, 0) is 10.3 Å². The number of carbonyl (C=O) groups excluding carboxylic acids is 1. The molecule has 138 valence electrons. The van der Waals surface area contributed by atoms with Gasteiger partial charge < -0.3 is 14.7 Å². The summed E-state index contributed by atoms with van der Waals surface area (Å²) in [7, 11) is 0. The Hall–Kier alpha value is -1.69. The summed E-state index contributed by atoms with van der Waals surface area (Å²) in [5, 5.41) is 11.1. The van der Waals surface area contributed by atoms with Crippen molar-refractivity contribution in [2.24, 2.45) is 0 Å². The Kier molecular flexibility index (Phi) is 4.52. The molecule has 0 aliphatic carbocycles. The van der Waals surface area contributed by atoms with Crippen molar-refractivity contribution in [2.75, 3.05) is 0 Å². The Balaban J connectivity index is 1.90. The fourth-order valence-electron chi connectivity index (χ4n) is 4.19. The maximum Gasteiger partial charge on any atom is 0.410 e. The van der Waals surface area contributed by atoms with Crippen molar-refractivity contribution in [2.45, 2.75) is 76.2 Å². The first-order valence-electron chi connectivity index (χ1n) is 8.79. The quantitative estimate of drug-likeness (QED) is 0.827. The van der Waals surface area contributed by atoms with Crippen LogP contribution in [0.5, 0.6) is 0 Å². The second-order valence-corrected chi connectivity index (χ2v) is 8.16. The summed E-state index contributed by atoms with van der Waals surface area (Å²) in [4.78, 5) is 14.3. The van der Waals surface area contributed by atoms with Crippen LogP contribution in [0.4, 0.5) is 13.6 Å². The molecule has 1 amide bonds. The molecular weight excluding hydrogens is 328 g/mol. The molecule has 1 N–H and O–H groups in total. The lowest BCUT2D eigenvalue weighted by molar-refractivity contribution is -0.0992. The SMILES string of the molecule is CC(C)(C)OC(=O)N1C2CCCC1CC(O)(c1c(F)cccc1F)C2. The molecule has 2 unspecified atom stereocenters. The lowest BCUT2D eigenvalue weighted by atomic mass is 9.72. The third kappa shape index (κ3) is 3.50. The first kappa shape index (κ1) is 18.1. The molecule has 1 aromatic carbocycles. The zero-order valence-electron chi connectivity index (χ0n) is 14.9. The van der Waals surface area contributed by atoms with Crippen LogP contribution in [0.3, 0.4) is 0 Å². The second kappa shape index (κ2) is 6.24. The van der Waals surface area contributed by atoms with E-state index in [4.69, 9.17) is 4.74 Å². The highest BCUT2D eigenvalue weighted by atomic mass is 19.1. The molecule has 1 aromatic rings. The summed E-state index contributed by atoms with van der Waals surface area (Å²) in [6.07, 6.45) is 2.10. The Morgan fingerprint density at radius 1 is 1.20 bits per heavy atom. The van der Waals surface area contributed by atoms with E-state index in [2.05, 4.69) is 0 Å². The van der Waals surface area contributed by atoms with E-state index < -0.39 is 28.9 Å². The zero-order valence-corrected chi connectivity index (χ0v) is 14.9. The number of aliphatic hydroxyl groups is 1. The van der Waals surface area contributed by atoms with E-state index >= 15 is 0 Å². The summed E-state index contributed by atoms with van der Waals surface area (Å²) in [6.45, 7) is 5.40. The molecule has 2 atom stereocenters. The molecule has 25 heavy (non-hydrogen) atoms. The van der Waals surface area contributed by atoms with Gasteiger partial charge in [-0.1, -0.05) is 6.07 Å². The lowest BCUT2D eigenvalue weighted by Crippen LogP contribution is -2.59. The molecule has 3 rings (SSSR count). The fourth-order valence-corrected chi connectivity index (χ4v) is 4.19. The summed E-state index contributed by atoms with van der Waals surface area (Å²) in [5.74, 6) is -1.49. The van der Waals surface area contributed by atoms with Gasteiger partial charge in [0.1, 0.15) is 17.2 Å². The minimum atomic E-state index is -1.61. The highest BCUT2D eigenvalue weighted by Gasteiger charge is 2.50. The van der Waals surface area contributed by atoms with E-state index in [9.17, 15) is 18.7 Å².